The second-order valence-electron chi connectivity index (χ2n) is 6.58. The molecular formula is C18H22N2. The minimum absolute atomic E-state index is 0.936. The Labute approximate surface area is 120 Å². The van der Waals surface area contributed by atoms with Gasteiger partial charge in [0.2, 0.25) is 0 Å². The highest BCUT2D eigenvalue weighted by Crippen LogP contribution is 2.47. The third-order valence-electron chi connectivity index (χ3n) is 5.38. The van der Waals surface area contributed by atoms with Gasteiger partial charge >= 0.3 is 0 Å². The van der Waals surface area contributed by atoms with Crippen LogP contribution in [0.3, 0.4) is 0 Å². The van der Waals surface area contributed by atoms with E-state index in [4.69, 9.17) is 0 Å². The van der Waals surface area contributed by atoms with Crippen molar-refractivity contribution in [1.82, 2.24) is 10.3 Å². The summed E-state index contributed by atoms with van der Waals surface area (Å²) in [6.45, 7) is 2.18. The topological polar surface area (TPSA) is 24.9 Å². The summed E-state index contributed by atoms with van der Waals surface area (Å²) in [4.78, 5) is 4.20. The van der Waals surface area contributed by atoms with Crippen molar-refractivity contribution in [2.75, 3.05) is 6.54 Å². The molecule has 1 N–H and O–H groups in total. The summed E-state index contributed by atoms with van der Waals surface area (Å²) in [5.41, 5.74) is 1.40. The van der Waals surface area contributed by atoms with Crippen LogP contribution in [0.1, 0.15) is 31.2 Å². The zero-order valence-electron chi connectivity index (χ0n) is 11.9. The standard InChI is InChI=1S/C18H22N2/c1-2-15-10-19-7-6-18(15)16(3-1)11-20-12-17-9-13-4-5-14(17)8-13/h1-3,6-7,10,13-14,17,20H,4-5,8-9,11-12H2. The van der Waals surface area contributed by atoms with E-state index < -0.39 is 0 Å². The highest BCUT2D eigenvalue weighted by molar-refractivity contribution is 5.84. The summed E-state index contributed by atoms with van der Waals surface area (Å²) in [5.74, 6) is 3.00. The van der Waals surface area contributed by atoms with Crippen LogP contribution < -0.4 is 5.32 Å². The van der Waals surface area contributed by atoms with Gasteiger partial charge in [0.25, 0.3) is 0 Å². The van der Waals surface area contributed by atoms with Gasteiger partial charge in [-0.15, -0.1) is 0 Å². The predicted octanol–water partition coefficient (Wildman–Crippen LogP) is 3.76. The molecule has 0 spiro atoms. The number of benzene rings is 1. The summed E-state index contributed by atoms with van der Waals surface area (Å²) >= 11 is 0. The van der Waals surface area contributed by atoms with E-state index in [1.807, 2.05) is 12.4 Å². The van der Waals surface area contributed by atoms with Crippen LogP contribution in [0, 0.1) is 17.8 Å². The summed E-state index contributed by atoms with van der Waals surface area (Å²) in [6.07, 6.45) is 9.80. The fourth-order valence-corrected chi connectivity index (χ4v) is 4.36. The van der Waals surface area contributed by atoms with E-state index in [0.717, 1.165) is 24.3 Å². The van der Waals surface area contributed by atoms with Crippen LogP contribution in [-0.4, -0.2) is 11.5 Å². The van der Waals surface area contributed by atoms with Crippen molar-refractivity contribution in [2.24, 2.45) is 17.8 Å². The van der Waals surface area contributed by atoms with E-state index in [0.29, 0.717) is 0 Å². The molecule has 2 saturated carbocycles. The number of nitrogens with zero attached hydrogens (tertiary/aromatic N) is 1. The molecule has 1 heterocycles. The van der Waals surface area contributed by atoms with E-state index in [1.54, 1.807) is 0 Å². The van der Waals surface area contributed by atoms with Crippen LogP contribution in [0.2, 0.25) is 0 Å². The molecule has 2 aliphatic carbocycles. The minimum Gasteiger partial charge on any atom is -0.312 e. The van der Waals surface area contributed by atoms with Crippen molar-refractivity contribution in [3.05, 3.63) is 42.2 Å². The lowest BCUT2D eigenvalue weighted by Gasteiger charge is -2.22. The zero-order chi connectivity index (χ0) is 13.4. The first-order valence-electron chi connectivity index (χ1n) is 7.92. The molecule has 0 radical (unpaired) electrons. The molecule has 3 atom stereocenters. The molecular weight excluding hydrogens is 244 g/mol. The second-order valence-corrected chi connectivity index (χ2v) is 6.58. The molecule has 1 aromatic carbocycles. The van der Waals surface area contributed by atoms with Crippen LogP contribution in [0.15, 0.2) is 36.7 Å². The Kier molecular flexibility index (Phi) is 3.19. The lowest BCUT2D eigenvalue weighted by atomic mass is 9.89. The highest BCUT2D eigenvalue weighted by Gasteiger charge is 2.38. The Balaban J connectivity index is 1.41. The molecule has 2 aromatic rings. The molecule has 104 valence electrons. The van der Waals surface area contributed by atoms with Gasteiger partial charge in [-0.2, -0.15) is 0 Å². The number of fused-ring (bicyclic) bond motifs is 3. The van der Waals surface area contributed by atoms with Gasteiger partial charge in [-0.25, -0.2) is 0 Å². The molecule has 2 nitrogen and oxygen atoms in total. The molecule has 0 aliphatic heterocycles. The number of rotatable bonds is 4. The largest absolute Gasteiger partial charge is 0.312 e. The molecule has 2 aliphatic rings. The molecule has 2 fully saturated rings. The number of hydrogen-bond donors (Lipinski definition) is 1. The van der Waals surface area contributed by atoms with Crippen molar-refractivity contribution < 1.29 is 0 Å². The third-order valence-corrected chi connectivity index (χ3v) is 5.38. The number of hydrogen-bond acceptors (Lipinski definition) is 2. The Morgan fingerprint density at radius 2 is 2.15 bits per heavy atom. The summed E-state index contributed by atoms with van der Waals surface area (Å²) < 4.78 is 0. The third kappa shape index (κ3) is 2.22. The zero-order valence-corrected chi connectivity index (χ0v) is 11.9. The van der Waals surface area contributed by atoms with Gasteiger partial charge in [0.1, 0.15) is 0 Å². The maximum Gasteiger partial charge on any atom is 0.0346 e. The van der Waals surface area contributed by atoms with Gasteiger partial charge in [-0.1, -0.05) is 24.6 Å². The predicted molar refractivity (Wildman–Crippen MR) is 82.4 cm³/mol. The van der Waals surface area contributed by atoms with Gasteiger partial charge < -0.3 is 5.32 Å². The molecule has 4 rings (SSSR count). The molecule has 0 amide bonds. The summed E-state index contributed by atoms with van der Waals surface area (Å²) in [7, 11) is 0. The molecule has 0 saturated heterocycles. The summed E-state index contributed by atoms with van der Waals surface area (Å²) in [5, 5.41) is 6.28. The van der Waals surface area contributed by atoms with Crippen molar-refractivity contribution in [2.45, 2.75) is 32.2 Å². The van der Waals surface area contributed by atoms with E-state index in [2.05, 4.69) is 34.6 Å². The van der Waals surface area contributed by atoms with Crippen LogP contribution in [0.25, 0.3) is 10.8 Å². The van der Waals surface area contributed by atoms with Crippen LogP contribution >= 0.6 is 0 Å². The summed E-state index contributed by atoms with van der Waals surface area (Å²) in [6, 6.07) is 8.64. The fourth-order valence-electron chi connectivity index (χ4n) is 4.36. The highest BCUT2D eigenvalue weighted by atomic mass is 14.9. The van der Waals surface area contributed by atoms with Crippen molar-refractivity contribution in [1.29, 1.82) is 0 Å². The van der Waals surface area contributed by atoms with Crippen LogP contribution in [0.5, 0.6) is 0 Å². The first-order chi connectivity index (χ1) is 9.90. The van der Waals surface area contributed by atoms with Gasteiger partial charge in [0, 0.05) is 24.3 Å². The van der Waals surface area contributed by atoms with Gasteiger partial charge in [0.15, 0.2) is 0 Å². The van der Waals surface area contributed by atoms with Gasteiger partial charge in [0.05, 0.1) is 0 Å². The number of pyridine rings is 1. The molecule has 2 bridgehead atoms. The van der Waals surface area contributed by atoms with Crippen molar-refractivity contribution in [3.8, 4) is 0 Å². The molecule has 3 unspecified atom stereocenters. The van der Waals surface area contributed by atoms with Crippen molar-refractivity contribution >= 4 is 10.8 Å². The first-order valence-corrected chi connectivity index (χ1v) is 7.92. The normalized spacial score (nSPS) is 28.3. The molecule has 1 aromatic heterocycles. The Hall–Kier alpha value is -1.41. The SMILES string of the molecule is c1cc(CNCC2CC3CCC2C3)c2ccncc2c1. The number of aromatic nitrogens is 1. The number of nitrogens with one attached hydrogen (secondary N) is 1. The molecule has 20 heavy (non-hydrogen) atoms. The molecule has 2 heteroatoms. The van der Waals surface area contributed by atoms with Gasteiger partial charge in [-0.3, -0.25) is 4.98 Å². The van der Waals surface area contributed by atoms with E-state index in [-0.39, 0.29) is 0 Å². The lowest BCUT2D eigenvalue weighted by Crippen LogP contribution is -2.26. The maximum atomic E-state index is 4.20. The Morgan fingerprint density at radius 1 is 1.15 bits per heavy atom. The average molecular weight is 266 g/mol. The minimum atomic E-state index is 0.936. The van der Waals surface area contributed by atoms with Crippen LogP contribution in [-0.2, 0) is 6.54 Å². The van der Waals surface area contributed by atoms with Crippen LogP contribution in [0.4, 0.5) is 0 Å². The average Bonchev–Trinajstić information content (AvgIpc) is 3.10. The van der Waals surface area contributed by atoms with Crippen molar-refractivity contribution in [3.63, 3.8) is 0 Å². The van der Waals surface area contributed by atoms with Gasteiger partial charge in [-0.05, 0) is 60.6 Å². The van der Waals surface area contributed by atoms with E-state index >= 15 is 0 Å². The Bertz CT molecular complexity index is 602. The first kappa shape index (κ1) is 12.3. The fraction of sp³-hybridized carbons (Fsp3) is 0.500. The maximum absolute atomic E-state index is 4.20. The van der Waals surface area contributed by atoms with E-state index in [1.165, 1.54) is 48.6 Å². The second kappa shape index (κ2) is 5.17. The van der Waals surface area contributed by atoms with E-state index in [9.17, 15) is 0 Å². The Morgan fingerprint density at radius 3 is 3.00 bits per heavy atom. The smallest absolute Gasteiger partial charge is 0.0346 e. The lowest BCUT2D eigenvalue weighted by molar-refractivity contribution is 0.318. The quantitative estimate of drug-likeness (QED) is 0.911. The monoisotopic (exact) mass is 266 g/mol.